The lowest BCUT2D eigenvalue weighted by molar-refractivity contribution is 0.293. The van der Waals surface area contributed by atoms with Gasteiger partial charge in [-0.25, -0.2) is 0 Å². The molecular formula is C16H18ClNO2. The molecule has 106 valence electrons. The van der Waals surface area contributed by atoms with Crippen LogP contribution in [0.15, 0.2) is 30.3 Å². The highest BCUT2D eigenvalue weighted by Gasteiger charge is 2.09. The van der Waals surface area contributed by atoms with Crippen LogP contribution in [-0.2, 0) is 6.61 Å². The average Bonchev–Trinajstić information content (AvgIpc) is 2.37. The van der Waals surface area contributed by atoms with E-state index < -0.39 is 0 Å². The van der Waals surface area contributed by atoms with Gasteiger partial charge in [0.2, 0.25) is 0 Å². The van der Waals surface area contributed by atoms with Gasteiger partial charge in [-0.05, 0) is 55.3 Å². The molecule has 2 aromatic carbocycles. The van der Waals surface area contributed by atoms with Gasteiger partial charge in [0.15, 0.2) is 0 Å². The van der Waals surface area contributed by atoms with Crippen LogP contribution in [0.1, 0.15) is 16.7 Å². The zero-order valence-electron chi connectivity index (χ0n) is 11.9. The van der Waals surface area contributed by atoms with Gasteiger partial charge in [0.05, 0.1) is 7.11 Å². The molecular weight excluding hydrogens is 274 g/mol. The van der Waals surface area contributed by atoms with Gasteiger partial charge in [0.25, 0.3) is 0 Å². The molecule has 0 heterocycles. The Morgan fingerprint density at radius 1 is 1.10 bits per heavy atom. The van der Waals surface area contributed by atoms with Crippen LogP contribution in [0, 0.1) is 13.8 Å². The van der Waals surface area contributed by atoms with Crippen LogP contribution in [0.25, 0.3) is 0 Å². The van der Waals surface area contributed by atoms with Crippen LogP contribution in [0.2, 0.25) is 5.02 Å². The molecule has 3 nitrogen and oxygen atoms in total. The molecule has 2 aromatic rings. The number of hydrogen-bond donors (Lipinski definition) is 1. The van der Waals surface area contributed by atoms with E-state index in [0.29, 0.717) is 17.3 Å². The lowest BCUT2D eigenvalue weighted by Gasteiger charge is -2.14. The summed E-state index contributed by atoms with van der Waals surface area (Å²) in [7, 11) is 1.63. The van der Waals surface area contributed by atoms with Crippen LogP contribution in [-0.4, -0.2) is 7.11 Å². The first-order valence-corrected chi connectivity index (χ1v) is 6.71. The molecule has 0 aliphatic rings. The van der Waals surface area contributed by atoms with E-state index in [9.17, 15) is 0 Å². The SMILES string of the molecule is COc1ccc(N)cc1COc1c(C)cc(Cl)cc1C. The number of benzene rings is 2. The molecule has 0 radical (unpaired) electrons. The molecule has 0 saturated heterocycles. The molecule has 0 spiro atoms. The van der Waals surface area contributed by atoms with E-state index in [-0.39, 0.29) is 0 Å². The fraction of sp³-hybridized carbons (Fsp3) is 0.250. The molecule has 0 aromatic heterocycles. The quantitative estimate of drug-likeness (QED) is 0.862. The third kappa shape index (κ3) is 3.17. The lowest BCUT2D eigenvalue weighted by Crippen LogP contribution is -2.02. The van der Waals surface area contributed by atoms with Crippen molar-refractivity contribution in [3.63, 3.8) is 0 Å². The van der Waals surface area contributed by atoms with Crippen LogP contribution < -0.4 is 15.2 Å². The summed E-state index contributed by atoms with van der Waals surface area (Å²) in [5.41, 5.74) is 9.43. The number of rotatable bonds is 4. The van der Waals surface area contributed by atoms with Gasteiger partial charge in [-0.2, -0.15) is 0 Å². The van der Waals surface area contributed by atoms with Crippen LogP contribution in [0.4, 0.5) is 5.69 Å². The normalized spacial score (nSPS) is 10.4. The second-order valence-electron chi connectivity index (χ2n) is 4.73. The van der Waals surface area contributed by atoms with Gasteiger partial charge in [-0.1, -0.05) is 11.6 Å². The van der Waals surface area contributed by atoms with E-state index in [1.54, 1.807) is 13.2 Å². The predicted octanol–water partition coefficient (Wildman–Crippen LogP) is 4.13. The van der Waals surface area contributed by atoms with Crippen molar-refractivity contribution in [1.29, 1.82) is 0 Å². The first-order chi connectivity index (χ1) is 9.51. The minimum atomic E-state index is 0.400. The number of anilines is 1. The van der Waals surface area contributed by atoms with Gasteiger partial charge in [0, 0.05) is 16.3 Å². The first kappa shape index (κ1) is 14.5. The molecule has 0 saturated carbocycles. The summed E-state index contributed by atoms with van der Waals surface area (Å²) in [6.45, 7) is 4.35. The summed E-state index contributed by atoms with van der Waals surface area (Å²) >= 11 is 6.02. The number of methoxy groups -OCH3 is 1. The van der Waals surface area contributed by atoms with E-state index in [4.69, 9.17) is 26.8 Å². The fourth-order valence-corrected chi connectivity index (χ4v) is 2.51. The van der Waals surface area contributed by atoms with E-state index in [1.807, 2.05) is 38.1 Å². The second kappa shape index (κ2) is 6.06. The Morgan fingerprint density at radius 2 is 1.75 bits per heavy atom. The molecule has 0 amide bonds. The third-order valence-corrected chi connectivity index (χ3v) is 3.32. The van der Waals surface area contributed by atoms with Crippen molar-refractivity contribution in [2.24, 2.45) is 0 Å². The predicted molar refractivity (Wildman–Crippen MR) is 82.7 cm³/mol. The Hall–Kier alpha value is -1.87. The third-order valence-electron chi connectivity index (χ3n) is 3.10. The van der Waals surface area contributed by atoms with Crippen molar-refractivity contribution in [1.82, 2.24) is 0 Å². The number of hydrogen-bond acceptors (Lipinski definition) is 3. The van der Waals surface area contributed by atoms with E-state index in [0.717, 1.165) is 28.2 Å². The zero-order valence-corrected chi connectivity index (χ0v) is 12.6. The van der Waals surface area contributed by atoms with Gasteiger partial charge in [-0.3, -0.25) is 0 Å². The maximum absolute atomic E-state index is 6.02. The van der Waals surface area contributed by atoms with Crippen molar-refractivity contribution in [3.8, 4) is 11.5 Å². The summed E-state index contributed by atoms with van der Waals surface area (Å²) in [6.07, 6.45) is 0. The van der Waals surface area contributed by atoms with Crippen LogP contribution in [0.5, 0.6) is 11.5 Å². The lowest BCUT2D eigenvalue weighted by atomic mass is 10.1. The number of nitrogens with two attached hydrogens (primary N) is 1. The van der Waals surface area contributed by atoms with E-state index in [2.05, 4.69) is 0 Å². The summed E-state index contributed by atoms with van der Waals surface area (Å²) in [5.74, 6) is 1.61. The molecule has 4 heteroatoms. The second-order valence-corrected chi connectivity index (χ2v) is 5.17. The number of aryl methyl sites for hydroxylation is 2. The average molecular weight is 292 g/mol. The Morgan fingerprint density at radius 3 is 2.35 bits per heavy atom. The molecule has 0 fully saturated rings. The molecule has 0 atom stereocenters. The van der Waals surface area contributed by atoms with Gasteiger partial charge < -0.3 is 15.2 Å². The number of halogens is 1. The maximum atomic E-state index is 6.02. The Balaban J connectivity index is 2.23. The topological polar surface area (TPSA) is 44.5 Å². The van der Waals surface area contributed by atoms with Crippen molar-refractivity contribution in [2.75, 3.05) is 12.8 Å². The maximum Gasteiger partial charge on any atom is 0.125 e. The monoisotopic (exact) mass is 291 g/mol. The number of nitrogen functional groups attached to an aromatic ring is 1. The largest absolute Gasteiger partial charge is 0.496 e. The molecule has 0 aliphatic heterocycles. The van der Waals surface area contributed by atoms with E-state index in [1.165, 1.54) is 0 Å². The molecule has 0 aliphatic carbocycles. The minimum Gasteiger partial charge on any atom is -0.496 e. The summed E-state index contributed by atoms with van der Waals surface area (Å²) in [5, 5.41) is 0.717. The van der Waals surface area contributed by atoms with Crippen molar-refractivity contribution in [2.45, 2.75) is 20.5 Å². The van der Waals surface area contributed by atoms with Gasteiger partial charge in [0.1, 0.15) is 18.1 Å². The van der Waals surface area contributed by atoms with Crippen LogP contribution >= 0.6 is 11.6 Å². The molecule has 0 unspecified atom stereocenters. The highest BCUT2D eigenvalue weighted by Crippen LogP contribution is 2.29. The standard InChI is InChI=1S/C16H18ClNO2/c1-10-6-13(17)7-11(2)16(10)20-9-12-8-14(18)4-5-15(12)19-3/h4-8H,9,18H2,1-3H3. The first-order valence-electron chi connectivity index (χ1n) is 6.33. The van der Waals surface area contributed by atoms with Crippen LogP contribution in [0.3, 0.4) is 0 Å². The van der Waals surface area contributed by atoms with Crippen molar-refractivity contribution in [3.05, 3.63) is 52.0 Å². The zero-order chi connectivity index (χ0) is 14.7. The Bertz CT molecular complexity index is 603. The van der Waals surface area contributed by atoms with Gasteiger partial charge in [-0.15, -0.1) is 0 Å². The van der Waals surface area contributed by atoms with Crippen molar-refractivity contribution < 1.29 is 9.47 Å². The van der Waals surface area contributed by atoms with Crippen molar-refractivity contribution >= 4 is 17.3 Å². The minimum absolute atomic E-state index is 0.400. The summed E-state index contributed by atoms with van der Waals surface area (Å²) in [4.78, 5) is 0. The molecule has 20 heavy (non-hydrogen) atoms. The van der Waals surface area contributed by atoms with Gasteiger partial charge >= 0.3 is 0 Å². The van der Waals surface area contributed by atoms with E-state index >= 15 is 0 Å². The number of ether oxygens (including phenoxy) is 2. The Kier molecular flexibility index (Phi) is 4.40. The Labute approximate surface area is 124 Å². The molecule has 2 N–H and O–H groups in total. The smallest absolute Gasteiger partial charge is 0.125 e. The summed E-state index contributed by atoms with van der Waals surface area (Å²) in [6, 6.07) is 9.29. The molecule has 2 rings (SSSR count). The fourth-order valence-electron chi connectivity index (χ4n) is 2.19. The highest BCUT2D eigenvalue weighted by atomic mass is 35.5. The highest BCUT2D eigenvalue weighted by molar-refractivity contribution is 6.30. The summed E-state index contributed by atoms with van der Waals surface area (Å²) < 4.78 is 11.2. The molecule has 0 bridgehead atoms.